The Morgan fingerprint density at radius 1 is 0.829 bits per heavy atom. The van der Waals surface area contributed by atoms with Crippen LogP contribution in [0.5, 0.6) is 0 Å². The van der Waals surface area contributed by atoms with E-state index >= 15 is 0 Å². The molecule has 5 rings (SSSR count). The van der Waals surface area contributed by atoms with E-state index in [1.807, 2.05) is 41.8 Å². The van der Waals surface area contributed by atoms with Crippen molar-refractivity contribution in [2.75, 3.05) is 0 Å². The van der Waals surface area contributed by atoms with Crippen LogP contribution in [-0.2, 0) is 16.4 Å². The van der Waals surface area contributed by atoms with Gasteiger partial charge in [0.15, 0.2) is 0 Å². The lowest BCUT2D eigenvalue weighted by molar-refractivity contribution is 0.100. The van der Waals surface area contributed by atoms with Crippen molar-refractivity contribution in [3.05, 3.63) is 114 Å². The maximum Gasteiger partial charge on any atom is 0.251 e. The van der Waals surface area contributed by atoms with Crippen LogP contribution in [0.15, 0.2) is 107 Å². The number of carbonyl (C=O) groups excluding carboxylic acids is 1. The molecule has 174 valence electrons. The Morgan fingerprint density at radius 2 is 1.43 bits per heavy atom. The smallest absolute Gasteiger partial charge is 0.251 e. The molecule has 0 saturated heterocycles. The number of fused-ring (bicyclic) bond motifs is 1. The van der Waals surface area contributed by atoms with Crippen molar-refractivity contribution in [2.45, 2.75) is 23.3 Å². The zero-order chi connectivity index (χ0) is 24.6. The summed E-state index contributed by atoms with van der Waals surface area (Å²) in [6.45, 7) is 2.29. The van der Waals surface area contributed by atoms with Crippen molar-refractivity contribution in [1.29, 1.82) is 0 Å². The van der Waals surface area contributed by atoms with E-state index in [2.05, 4.69) is 29.2 Å². The second-order valence-electron chi connectivity index (χ2n) is 8.33. The molecular weight excluding hydrogens is 458 g/mol. The Bertz CT molecular complexity index is 1640. The van der Waals surface area contributed by atoms with Crippen molar-refractivity contribution in [3.63, 3.8) is 0 Å². The molecule has 0 aliphatic heterocycles. The number of imidazole rings is 1. The molecule has 0 bridgehead atoms. The van der Waals surface area contributed by atoms with E-state index in [0.29, 0.717) is 23.4 Å². The summed E-state index contributed by atoms with van der Waals surface area (Å²) in [6, 6.07) is 29.3. The summed E-state index contributed by atoms with van der Waals surface area (Å²) in [5.41, 5.74) is 9.90. The van der Waals surface area contributed by atoms with Crippen molar-refractivity contribution >= 4 is 26.8 Å². The number of sulfone groups is 1. The van der Waals surface area contributed by atoms with Gasteiger partial charge in [-0.05, 0) is 47.9 Å². The van der Waals surface area contributed by atoms with E-state index in [-0.39, 0.29) is 15.4 Å². The van der Waals surface area contributed by atoms with Crippen molar-refractivity contribution < 1.29 is 13.2 Å². The highest BCUT2D eigenvalue weighted by Gasteiger charge is 2.23. The fourth-order valence-electron chi connectivity index (χ4n) is 4.21. The fourth-order valence-corrected chi connectivity index (χ4v) is 5.53. The summed E-state index contributed by atoms with van der Waals surface area (Å²) in [5.74, 6) is -0.0686. The van der Waals surface area contributed by atoms with E-state index in [0.717, 1.165) is 16.7 Å². The van der Waals surface area contributed by atoms with Gasteiger partial charge in [0.1, 0.15) is 11.3 Å². The Kier molecular flexibility index (Phi) is 5.70. The van der Waals surface area contributed by atoms with Crippen LogP contribution in [0.4, 0.5) is 0 Å². The highest BCUT2D eigenvalue weighted by atomic mass is 32.2. The molecule has 0 unspecified atom stereocenters. The number of amides is 1. The van der Waals surface area contributed by atoms with Gasteiger partial charge in [-0.25, -0.2) is 13.4 Å². The van der Waals surface area contributed by atoms with Gasteiger partial charge < -0.3 is 10.3 Å². The number of nitrogens with two attached hydrogens (primary N) is 1. The second kappa shape index (κ2) is 8.85. The van der Waals surface area contributed by atoms with Crippen LogP contribution in [0, 0.1) is 6.92 Å². The van der Waals surface area contributed by atoms with Crippen LogP contribution in [0.1, 0.15) is 21.7 Å². The molecule has 2 N–H and O–H groups in total. The molecule has 1 amide bonds. The number of benzene rings is 4. The Hall–Kier alpha value is -4.23. The quantitative estimate of drug-likeness (QED) is 0.370. The molecule has 4 aromatic carbocycles. The largest absolute Gasteiger partial charge is 0.366 e. The average molecular weight is 482 g/mol. The summed E-state index contributed by atoms with van der Waals surface area (Å²) in [7, 11) is -3.85. The molecule has 7 heteroatoms. The summed E-state index contributed by atoms with van der Waals surface area (Å²) in [5, 5.41) is 0. The second-order valence-corrected chi connectivity index (χ2v) is 10.3. The standard InChI is InChI=1S/C28H23N3O3S/c1-19-30-27-25(28(29)32)16-24(35(33,34)23-10-6-3-7-11-23)17-26(27)31(19)18-20-12-14-22(15-13-20)21-8-4-2-5-9-21/h2-17H,18H2,1H3,(H2,29,32). The van der Waals surface area contributed by atoms with Crippen LogP contribution < -0.4 is 5.73 Å². The first-order valence-electron chi connectivity index (χ1n) is 11.1. The van der Waals surface area contributed by atoms with Gasteiger partial charge in [-0.1, -0.05) is 72.8 Å². The summed E-state index contributed by atoms with van der Waals surface area (Å²) >= 11 is 0. The van der Waals surface area contributed by atoms with Crippen molar-refractivity contribution in [1.82, 2.24) is 9.55 Å². The van der Waals surface area contributed by atoms with Gasteiger partial charge in [-0.2, -0.15) is 0 Å². The van der Waals surface area contributed by atoms with Crippen LogP contribution in [0.2, 0.25) is 0 Å². The Labute approximate surface area is 203 Å². The molecule has 0 atom stereocenters. The number of hydrogen-bond donors (Lipinski definition) is 1. The molecule has 0 aliphatic rings. The van der Waals surface area contributed by atoms with Crippen molar-refractivity contribution in [3.8, 4) is 11.1 Å². The molecular formula is C28H23N3O3S. The van der Waals surface area contributed by atoms with Crippen LogP contribution in [-0.4, -0.2) is 23.9 Å². The number of carbonyl (C=O) groups is 1. The minimum atomic E-state index is -3.85. The molecule has 0 spiro atoms. The lowest BCUT2D eigenvalue weighted by Crippen LogP contribution is -2.13. The maximum absolute atomic E-state index is 13.3. The van der Waals surface area contributed by atoms with E-state index in [1.165, 1.54) is 18.2 Å². The fraction of sp³-hybridized carbons (Fsp3) is 0.0714. The van der Waals surface area contributed by atoms with E-state index in [4.69, 9.17) is 5.73 Å². The minimum Gasteiger partial charge on any atom is -0.366 e. The van der Waals surface area contributed by atoms with Crippen LogP contribution in [0.3, 0.4) is 0 Å². The third-order valence-corrected chi connectivity index (χ3v) is 7.80. The van der Waals surface area contributed by atoms with E-state index < -0.39 is 15.7 Å². The number of rotatable bonds is 6. The lowest BCUT2D eigenvalue weighted by atomic mass is 10.0. The molecule has 0 radical (unpaired) electrons. The van der Waals surface area contributed by atoms with E-state index in [1.54, 1.807) is 24.3 Å². The summed E-state index contributed by atoms with van der Waals surface area (Å²) in [6.07, 6.45) is 0. The maximum atomic E-state index is 13.3. The first kappa shape index (κ1) is 22.6. The first-order chi connectivity index (χ1) is 16.8. The minimum absolute atomic E-state index is 0.00516. The van der Waals surface area contributed by atoms with E-state index in [9.17, 15) is 13.2 Å². The average Bonchev–Trinajstić information content (AvgIpc) is 3.19. The predicted molar refractivity (Wildman–Crippen MR) is 136 cm³/mol. The Balaban J connectivity index is 1.60. The van der Waals surface area contributed by atoms with Gasteiger partial charge in [-0.15, -0.1) is 0 Å². The van der Waals surface area contributed by atoms with Gasteiger partial charge in [-0.3, -0.25) is 4.79 Å². The molecule has 0 aliphatic carbocycles. The molecule has 35 heavy (non-hydrogen) atoms. The molecule has 1 heterocycles. The monoisotopic (exact) mass is 481 g/mol. The normalized spacial score (nSPS) is 11.6. The van der Waals surface area contributed by atoms with Gasteiger partial charge >= 0.3 is 0 Å². The summed E-state index contributed by atoms with van der Waals surface area (Å²) in [4.78, 5) is 17.0. The number of primary amides is 1. The molecule has 5 aromatic rings. The molecule has 0 fully saturated rings. The molecule has 6 nitrogen and oxygen atoms in total. The van der Waals surface area contributed by atoms with Gasteiger partial charge in [0.2, 0.25) is 9.84 Å². The zero-order valence-corrected chi connectivity index (χ0v) is 19.9. The SMILES string of the molecule is Cc1nc2c(C(N)=O)cc(S(=O)(=O)c3ccccc3)cc2n1Cc1ccc(-c2ccccc2)cc1. The molecule has 0 saturated carbocycles. The number of aryl methyl sites for hydroxylation is 1. The third kappa shape index (κ3) is 4.22. The summed E-state index contributed by atoms with van der Waals surface area (Å²) < 4.78 is 28.5. The van der Waals surface area contributed by atoms with Gasteiger partial charge in [0.05, 0.1) is 20.9 Å². The number of nitrogens with zero attached hydrogens (tertiary/aromatic N) is 2. The highest BCUT2D eigenvalue weighted by molar-refractivity contribution is 7.91. The van der Waals surface area contributed by atoms with Crippen molar-refractivity contribution in [2.24, 2.45) is 5.73 Å². The lowest BCUT2D eigenvalue weighted by Gasteiger charge is -2.11. The van der Waals surface area contributed by atoms with Gasteiger partial charge in [0, 0.05) is 6.54 Å². The van der Waals surface area contributed by atoms with Crippen LogP contribution >= 0.6 is 0 Å². The van der Waals surface area contributed by atoms with Gasteiger partial charge in [0.25, 0.3) is 5.91 Å². The number of aromatic nitrogens is 2. The Morgan fingerprint density at radius 3 is 2.06 bits per heavy atom. The van der Waals surface area contributed by atoms with Crippen LogP contribution in [0.25, 0.3) is 22.2 Å². The number of hydrogen-bond acceptors (Lipinski definition) is 4. The molecule has 1 aromatic heterocycles. The first-order valence-corrected chi connectivity index (χ1v) is 12.6. The third-order valence-electron chi connectivity index (χ3n) is 6.05. The highest BCUT2D eigenvalue weighted by Crippen LogP contribution is 2.29. The predicted octanol–water partition coefficient (Wildman–Crippen LogP) is 4.99. The zero-order valence-electron chi connectivity index (χ0n) is 19.0. The topological polar surface area (TPSA) is 95.1 Å².